The first-order valence-electron chi connectivity index (χ1n) is 8.49. The van der Waals surface area contributed by atoms with Crippen LogP contribution in [0, 0.1) is 0 Å². The molecule has 0 fully saturated rings. The van der Waals surface area contributed by atoms with Crippen molar-refractivity contribution in [3.63, 3.8) is 0 Å². The molecule has 1 heterocycles. The van der Waals surface area contributed by atoms with Gasteiger partial charge in [-0.2, -0.15) is 0 Å². The van der Waals surface area contributed by atoms with Crippen LogP contribution in [0.25, 0.3) is 0 Å². The van der Waals surface area contributed by atoms with Gasteiger partial charge < -0.3 is 19.7 Å². The highest BCUT2D eigenvalue weighted by Crippen LogP contribution is 2.22. The van der Waals surface area contributed by atoms with Gasteiger partial charge in [-0.25, -0.2) is 0 Å². The van der Waals surface area contributed by atoms with E-state index in [1.54, 1.807) is 65.8 Å². The maximum atomic E-state index is 13.1. The molecule has 138 valence electrons. The van der Waals surface area contributed by atoms with Crippen molar-refractivity contribution < 1.29 is 19.1 Å². The monoisotopic (exact) mass is 364 g/mol. The molecule has 2 amide bonds. The molecule has 0 radical (unpaired) electrons. The maximum Gasteiger partial charge on any atom is 0.254 e. The molecule has 0 aliphatic heterocycles. The number of carbonyl (C=O) groups excluding carboxylic acids is 2. The third-order valence-corrected chi connectivity index (χ3v) is 4.00. The summed E-state index contributed by atoms with van der Waals surface area (Å²) in [6.07, 6.45) is 1.55. The lowest BCUT2D eigenvalue weighted by molar-refractivity contribution is -0.114. The molecular formula is C21H20N2O4. The van der Waals surface area contributed by atoms with E-state index in [0.717, 1.165) is 0 Å². The van der Waals surface area contributed by atoms with Crippen molar-refractivity contribution in [2.75, 3.05) is 5.32 Å². The summed E-state index contributed by atoms with van der Waals surface area (Å²) in [4.78, 5) is 26.0. The molecule has 0 saturated carbocycles. The van der Waals surface area contributed by atoms with Gasteiger partial charge in [0, 0.05) is 23.7 Å². The maximum absolute atomic E-state index is 13.1. The van der Waals surface area contributed by atoms with Crippen LogP contribution in [0.4, 0.5) is 5.69 Å². The van der Waals surface area contributed by atoms with Gasteiger partial charge in [-0.1, -0.05) is 24.3 Å². The van der Waals surface area contributed by atoms with E-state index in [9.17, 15) is 14.7 Å². The van der Waals surface area contributed by atoms with Gasteiger partial charge >= 0.3 is 0 Å². The zero-order valence-electron chi connectivity index (χ0n) is 14.9. The van der Waals surface area contributed by atoms with Crippen LogP contribution in [0.1, 0.15) is 28.6 Å². The van der Waals surface area contributed by atoms with Crippen molar-refractivity contribution in [1.82, 2.24) is 4.90 Å². The van der Waals surface area contributed by atoms with Gasteiger partial charge in [0.1, 0.15) is 11.5 Å². The number of phenols is 1. The predicted molar refractivity (Wildman–Crippen MR) is 101 cm³/mol. The Morgan fingerprint density at radius 1 is 1.04 bits per heavy atom. The molecule has 0 unspecified atom stereocenters. The fourth-order valence-corrected chi connectivity index (χ4v) is 2.76. The first kappa shape index (κ1) is 18.3. The lowest BCUT2D eigenvalue weighted by Gasteiger charge is -2.22. The fraction of sp³-hybridized carbons (Fsp3) is 0.143. The molecular weight excluding hydrogens is 344 g/mol. The Balaban J connectivity index is 1.88. The molecule has 0 aliphatic carbocycles. The summed E-state index contributed by atoms with van der Waals surface area (Å²) in [5, 5.41) is 12.7. The molecule has 6 nitrogen and oxygen atoms in total. The number of amides is 2. The first-order chi connectivity index (χ1) is 13.0. The van der Waals surface area contributed by atoms with Crippen molar-refractivity contribution in [2.45, 2.75) is 20.0 Å². The van der Waals surface area contributed by atoms with Crippen LogP contribution >= 0.6 is 0 Å². The molecule has 3 aromatic rings. The molecule has 0 spiro atoms. The summed E-state index contributed by atoms with van der Waals surface area (Å²) in [5.41, 5.74) is 1.62. The van der Waals surface area contributed by atoms with Crippen molar-refractivity contribution >= 4 is 17.5 Å². The van der Waals surface area contributed by atoms with E-state index in [1.165, 1.54) is 6.92 Å². The van der Waals surface area contributed by atoms with E-state index in [2.05, 4.69) is 5.32 Å². The zero-order chi connectivity index (χ0) is 19.2. The SMILES string of the molecule is CC(=O)Nc1cccc(C(=O)N(Cc2ccco2)Cc2ccccc2O)c1. The number of nitrogens with one attached hydrogen (secondary N) is 1. The topological polar surface area (TPSA) is 82.8 Å². The smallest absolute Gasteiger partial charge is 0.254 e. The molecule has 2 aromatic carbocycles. The molecule has 0 bridgehead atoms. The van der Waals surface area contributed by atoms with E-state index >= 15 is 0 Å². The van der Waals surface area contributed by atoms with E-state index in [0.29, 0.717) is 22.6 Å². The minimum Gasteiger partial charge on any atom is -0.508 e. The number of anilines is 1. The lowest BCUT2D eigenvalue weighted by atomic mass is 10.1. The summed E-state index contributed by atoms with van der Waals surface area (Å²) in [7, 11) is 0. The van der Waals surface area contributed by atoms with Gasteiger partial charge in [0.25, 0.3) is 5.91 Å². The van der Waals surface area contributed by atoms with Crippen molar-refractivity contribution in [1.29, 1.82) is 0 Å². The third kappa shape index (κ3) is 4.76. The zero-order valence-corrected chi connectivity index (χ0v) is 14.9. The van der Waals surface area contributed by atoms with Crippen LogP contribution in [-0.4, -0.2) is 21.8 Å². The Kier molecular flexibility index (Phi) is 5.56. The molecule has 0 saturated heterocycles. The third-order valence-electron chi connectivity index (χ3n) is 4.00. The summed E-state index contributed by atoms with van der Waals surface area (Å²) >= 11 is 0. The summed E-state index contributed by atoms with van der Waals surface area (Å²) < 4.78 is 5.38. The molecule has 27 heavy (non-hydrogen) atoms. The van der Waals surface area contributed by atoms with Crippen LogP contribution < -0.4 is 5.32 Å². The van der Waals surface area contributed by atoms with Gasteiger partial charge in [0.05, 0.1) is 19.4 Å². The minimum atomic E-state index is -0.234. The second-order valence-electron chi connectivity index (χ2n) is 6.13. The normalized spacial score (nSPS) is 10.4. The predicted octanol–water partition coefficient (Wildman–Crippen LogP) is 3.79. The van der Waals surface area contributed by atoms with Crippen LogP contribution in [-0.2, 0) is 17.9 Å². The van der Waals surface area contributed by atoms with Gasteiger partial charge in [-0.15, -0.1) is 0 Å². The number of rotatable bonds is 6. The first-order valence-corrected chi connectivity index (χ1v) is 8.49. The fourth-order valence-electron chi connectivity index (χ4n) is 2.76. The van der Waals surface area contributed by atoms with E-state index in [4.69, 9.17) is 4.42 Å². The summed E-state index contributed by atoms with van der Waals surface area (Å²) in [5.74, 6) is 0.321. The number of para-hydroxylation sites is 1. The van der Waals surface area contributed by atoms with Crippen molar-refractivity contribution in [3.05, 3.63) is 83.8 Å². The average Bonchev–Trinajstić information content (AvgIpc) is 3.15. The van der Waals surface area contributed by atoms with Crippen molar-refractivity contribution in [3.8, 4) is 5.75 Å². The van der Waals surface area contributed by atoms with E-state index in [1.807, 2.05) is 6.07 Å². The van der Waals surface area contributed by atoms with Crippen LogP contribution in [0.3, 0.4) is 0 Å². The highest BCUT2D eigenvalue weighted by Gasteiger charge is 2.19. The standard InChI is InChI=1S/C21H20N2O4/c1-15(24)22-18-8-4-7-16(12-18)21(26)23(14-19-9-5-11-27-19)13-17-6-2-3-10-20(17)25/h2-12,25H,13-14H2,1H3,(H,22,24). The average molecular weight is 364 g/mol. The number of phenolic OH excluding ortho intramolecular Hbond substituents is 1. The number of carbonyl (C=O) groups is 2. The van der Waals surface area contributed by atoms with Gasteiger partial charge in [0.2, 0.25) is 5.91 Å². The van der Waals surface area contributed by atoms with E-state index in [-0.39, 0.29) is 30.7 Å². The largest absolute Gasteiger partial charge is 0.508 e. The number of hydrogen-bond acceptors (Lipinski definition) is 4. The number of aromatic hydroxyl groups is 1. The molecule has 0 atom stereocenters. The molecule has 6 heteroatoms. The molecule has 1 aromatic heterocycles. The summed E-state index contributed by atoms with van der Waals surface area (Å²) in [6, 6.07) is 17.2. The number of furan rings is 1. The minimum absolute atomic E-state index is 0.127. The van der Waals surface area contributed by atoms with Crippen LogP contribution in [0.2, 0.25) is 0 Å². The second-order valence-corrected chi connectivity index (χ2v) is 6.13. The molecule has 3 rings (SSSR count). The van der Waals surface area contributed by atoms with Gasteiger partial charge in [-0.05, 0) is 36.4 Å². The van der Waals surface area contributed by atoms with Crippen LogP contribution in [0.15, 0.2) is 71.3 Å². The van der Waals surface area contributed by atoms with Gasteiger partial charge in [-0.3, -0.25) is 9.59 Å². The Labute approximate surface area is 157 Å². The number of benzene rings is 2. The Morgan fingerprint density at radius 2 is 1.85 bits per heavy atom. The van der Waals surface area contributed by atoms with Gasteiger partial charge in [0.15, 0.2) is 0 Å². The highest BCUT2D eigenvalue weighted by molar-refractivity contribution is 5.96. The quantitative estimate of drug-likeness (QED) is 0.697. The lowest BCUT2D eigenvalue weighted by Crippen LogP contribution is -2.30. The number of nitrogens with zero attached hydrogens (tertiary/aromatic N) is 1. The second kappa shape index (κ2) is 8.23. The van der Waals surface area contributed by atoms with E-state index < -0.39 is 0 Å². The van der Waals surface area contributed by atoms with Crippen LogP contribution in [0.5, 0.6) is 5.75 Å². The number of hydrogen-bond donors (Lipinski definition) is 2. The molecule has 0 aliphatic rings. The summed E-state index contributed by atoms with van der Waals surface area (Å²) in [6.45, 7) is 1.89. The molecule has 2 N–H and O–H groups in total. The Hall–Kier alpha value is -3.54. The highest BCUT2D eigenvalue weighted by atomic mass is 16.3. The Morgan fingerprint density at radius 3 is 2.56 bits per heavy atom. The Bertz CT molecular complexity index is 935. The van der Waals surface area contributed by atoms with Crippen molar-refractivity contribution in [2.24, 2.45) is 0 Å².